The molecule has 0 heterocycles. The SMILES string of the molecule is C#CCC[C@H](NC(=O)OCc1ccccc1)C(=O)OCc1ccccc1. The molecule has 0 unspecified atom stereocenters. The molecule has 1 atom stereocenters. The molecular weight excluding hydrogens is 330 g/mol. The Bertz CT molecular complexity index is 738. The molecule has 2 rings (SSSR count). The predicted octanol–water partition coefficient (Wildman–Crippen LogP) is 3.44. The molecular formula is C21H21NO4. The fourth-order valence-electron chi connectivity index (χ4n) is 2.21. The Kier molecular flexibility index (Phi) is 7.75. The average Bonchev–Trinajstić information content (AvgIpc) is 2.69. The highest BCUT2D eigenvalue weighted by atomic mass is 16.6. The van der Waals surface area contributed by atoms with Gasteiger partial charge in [-0.2, -0.15) is 0 Å². The Morgan fingerprint density at radius 1 is 0.923 bits per heavy atom. The summed E-state index contributed by atoms with van der Waals surface area (Å²) in [4.78, 5) is 24.2. The molecule has 0 radical (unpaired) electrons. The van der Waals surface area contributed by atoms with Gasteiger partial charge in [0.15, 0.2) is 0 Å². The van der Waals surface area contributed by atoms with Crippen LogP contribution in [0.2, 0.25) is 0 Å². The maximum atomic E-state index is 12.3. The van der Waals surface area contributed by atoms with Crippen LogP contribution in [0.15, 0.2) is 60.7 Å². The Hall–Kier alpha value is -3.26. The van der Waals surface area contributed by atoms with Gasteiger partial charge in [-0.15, -0.1) is 12.3 Å². The summed E-state index contributed by atoms with van der Waals surface area (Å²) in [6.07, 6.45) is 5.19. The molecule has 2 aromatic rings. The fourth-order valence-corrected chi connectivity index (χ4v) is 2.21. The Balaban J connectivity index is 1.85. The van der Waals surface area contributed by atoms with E-state index in [1.165, 1.54) is 0 Å². The second kappa shape index (κ2) is 10.6. The van der Waals surface area contributed by atoms with Crippen molar-refractivity contribution in [3.8, 4) is 12.3 Å². The third-order valence-electron chi connectivity index (χ3n) is 3.59. The third kappa shape index (κ3) is 6.70. The molecule has 0 saturated heterocycles. The summed E-state index contributed by atoms with van der Waals surface area (Å²) in [5.74, 6) is 1.92. The number of hydrogen-bond acceptors (Lipinski definition) is 4. The molecule has 0 fully saturated rings. The summed E-state index contributed by atoms with van der Waals surface area (Å²) in [6.45, 7) is 0.251. The van der Waals surface area contributed by atoms with Crippen molar-refractivity contribution in [3.05, 3.63) is 71.8 Å². The van der Waals surface area contributed by atoms with Crippen LogP contribution in [0, 0.1) is 12.3 Å². The minimum absolute atomic E-state index is 0.119. The highest BCUT2D eigenvalue weighted by Crippen LogP contribution is 2.06. The lowest BCUT2D eigenvalue weighted by Gasteiger charge is -2.17. The van der Waals surface area contributed by atoms with Crippen LogP contribution >= 0.6 is 0 Å². The predicted molar refractivity (Wildman–Crippen MR) is 97.9 cm³/mol. The van der Waals surface area contributed by atoms with Crippen molar-refractivity contribution in [2.75, 3.05) is 0 Å². The van der Waals surface area contributed by atoms with Gasteiger partial charge in [0.05, 0.1) is 0 Å². The number of amides is 1. The second-order valence-electron chi connectivity index (χ2n) is 5.59. The number of terminal acetylenes is 1. The third-order valence-corrected chi connectivity index (χ3v) is 3.59. The molecule has 0 aliphatic heterocycles. The number of carbonyl (C=O) groups is 2. The summed E-state index contributed by atoms with van der Waals surface area (Å²) in [6, 6.07) is 17.7. The van der Waals surface area contributed by atoms with Gasteiger partial charge in [0, 0.05) is 6.42 Å². The number of hydrogen-bond donors (Lipinski definition) is 1. The van der Waals surface area contributed by atoms with Crippen LogP contribution in [-0.2, 0) is 27.5 Å². The molecule has 26 heavy (non-hydrogen) atoms. The zero-order chi connectivity index (χ0) is 18.6. The van der Waals surface area contributed by atoms with Crippen molar-refractivity contribution < 1.29 is 19.1 Å². The van der Waals surface area contributed by atoms with Crippen LogP contribution in [0.1, 0.15) is 24.0 Å². The minimum Gasteiger partial charge on any atom is -0.459 e. The van der Waals surface area contributed by atoms with Crippen molar-refractivity contribution in [2.45, 2.75) is 32.1 Å². The minimum atomic E-state index is -0.849. The number of rotatable bonds is 8. The van der Waals surface area contributed by atoms with Crippen LogP contribution in [0.4, 0.5) is 4.79 Å². The van der Waals surface area contributed by atoms with Gasteiger partial charge in [-0.05, 0) is 17.5 Å². The molecule has 2 aromatic carbocycles. The monoisotopic (exact) mass is 351 g/mol. The van der Waals surface area contributed by atoms with Crippen LogP contribution in [-0.4, -0.2) is 18.1 Å². The number of esters is 1. The van der Waals surface area contributed by atoms with E-state index >= 15 is 0 Å². The number of alkyl carbamates (subject to hydrolysis) is 1. The smallest absolute Gasteiger partial charge is 0.408 e. The summed E-state index contributed by atoms with van der Waals surface area (Å²) < 4.78 is 10.4. The van der Waals surface area contributed by atoms with Gasteiger partial charge in [-0.25, -0.2) is 9.59 Å². The first-order chi connectivity index (χ1) is 12.7. The average molecular weight is 351 g/mol. The molecule has 0 aliphatic carbocycles. The molecule has 5 heteroatoms. The molecule has 134 valence electrons. The van der Waals surface area contributed by atoms with Crippen molar-refractivity contribution in [1.82, 2.24) is 5.32 Å². The molecule has 5 nitrogen and oxygen atoms in total. The maximum absolute atomic E-state index is 12.3. The molecule has 0 bridgehead atoms. The normalized spacial score (nSPS) is 11.0. The van der Waals surface area contributed by atoms with Crippen molar-refractivity contribution >= 4 is 12.1 Å². The summed E-state index contributed by atoms with van der Waals surface area (Å²) >= 11 is 0. The summed E-state index contributed by atoms with van der Waals surface area (Å²) in [5, 5.41) is 2.53. The summed E-state index contributed by atoms with van der Waals surface area (Å²) in [5.41, 5.74) is 1.72. The zero-order valence-corrected chi connectivity index (χ0v) is 14.4. The van der Waals surface area contributed by atoms with Crippen molar-refractivity contribution in [2.24, 2.45) is 0 Å². The molecule has 0 spiro atoms. The maximum Gasteiger partial charge on any atom is 0.408 e. The summed E-state index contributed by atoms with van der Waals surface area (Å²) in [7, 11) is 0. The van der Waals surface area contributed by atoms with E-state index in [4.69, 9.17) is 15.9 Å². The Labute approximate surface area is 153 Å². The molecule has 0 saturated carbocycles. The molecule has 0 aliphatic rings. The van der Waals surface area contributed by atoms with Crippen LogP contribution in [0.3, 0.4) is 0 Å². The van der Waals surface area contributed by atoms with Gasteiger partial charge in [0.25, 0.3) is 0 Å². The highest BCUT2D eigenvalue weighted by molar-refractivity contribution is 5.81. The first-order valence-electron chi connectivity index (χ1n) is 8.30. The van der Waals surface area contributed by atoms with Crippen LogP contribution in [0.25, 0.3) is 0 Å². The topological polar surface area (TPSA) is 64.6 Å². The number of carbonyl (C=O) groups excluding carboxylic acids is 2. The van der Waals surface area contributed by atoms with E-state index in [0.29, 0.717) is 6.42 Å². The Morgan fingerprint density at radius 3 is 2.00 bits per heavy atom. The molecule has 1 amide bonds. The van der Waals surface area contributed by atoms with Crippen molar-refractivity contribution in [1.29, 1.82) is 0 Å². The van der Waals surface area contributed by atoms with E-state index in [0.717, 1.165) is 11.1 Å². The van der Waals surface area contributed by atoms with Gasteiger partial charge in [-0.1, -0.05) is 60.7 Å². The lowest BCUT2D eigenvalue weighted by molar-refractivity contribution is -0.147. The molecule has 0 aromatic heterocycles. The van der Waals surface area contributed by atoms with E-state index in [-0.39, 0.29) is 19.6 Å². The van der Waals surface area contributed by atoms with E-state index in [9.17, 15) is 9.59 Å². The van der Waals surface area contributed by atoms with Gasteiger partial charge in [0.1, 0.15) is 19.3 Å². The standard InChI is InChI=1S/C21H21NO4/c1-2-3-14-19(20(23)25-15-17-10-6-4-7-11-17)22-21(24)26-16-18-12-8-5-9-13-18/h1,4-13,19H,3,14-16H2,(H,22,24)/t19-/m0/s1. The number of nitrogens with one attached hydrogen (secondary N) is 1. The van der Waals surface area contributed by atoms with E-state index in [2.05, 4.69) is 11.2 Å². The van der Waals surface area contributed by atoms with E-state index in [1.54, 1.807) is 0 Å². The van der Waals surface area contributed by atoms with Crippen molar-refractivity contribution in [3.63, 3.8) is 0 Å². The van der Waals surface area contributed by atoms with Gasteiger partial charge in [0.2, 0.25) is 0 Å². The van der Waals surface area contributed by atoms with Gasteiger partial charge in [-0.3, -0.25) is 0 Å². The second-order valence-corrected chi connectivity index (χ2v) is 5.59. The van der Waals surface area contributed by atoms with E-state index < -0.39 is 18.1 Å². The highest BCUT2D eigenvalue weighted by Gasteiger charge is 2.22. The van der Waals surface area contributed by atoms with Gasteiger partial charge < -0.3 is 14.8 Å². The van der Waals surface area contributed by atoms with E-state index in [1.807, 2.05) is 60.7 Å². The first-order valence-corrected chi connectivity index (χ1v) is 8.30. The number of ether oxygens (including phenoxy) is 2. The first kappa shape index (κ1) is 19.1. The molecule has 1 N–H and O–H groups in total. The number of benzene rings is 2. The van der Waals surface area contributed by atoms with Crippen LogP contribution in [0.5, 0.6) is 0 Å². The lowest BCUT2D eigenvalue weighted by atomic mass is 10.1. The lowest BCUT2D eigenvalue weighted by Crippen LogP contribution is -2.42. The largest absolute Gasteiger partial charge is 0.459 e. The zero-order valence-electron chi connectivity index (χ0n) is 14.4. The quantitative estimate of drug-likeness (QED) is 0.584. The van der Waals surface area contributed by atoms with Crippen LogP contribution < -0.4 is 5.32 Å². The fraction of sp³-hybridized carbons (Fsp3) is 0.238. The Morgan fingerprint density at radius 2 is 1.46 bits per heavy atom. The van der Waals surface area contributed by atoms with Gasteiger partial charge >= 0.3 is 12.1 Å².